The Balaban J connectivity index is 2.22. The Morgan fingerprint density at radius 1 is 1.33 bits per heavy atom. The van der Waals surface area contributed by atoms with Crippen molar-refractivity contribution in [3.63, 3.8) is 0 Å². The summed E-state index contributed by atoms with van der Waals surface area (Å²) in [4.78, 5) is 14.4. The van der Waals surface area contributed by atoms with Crippen LogP contribution < -0.4 is 5.32 Å². The van der Waals surface area contributed by atoms with E-state index in [1.807, 2.05) is 63.1 Å². The highest BCUT2D eigenvalue weighted by Crippen LogP contribution is 2.28. The Hall–Kier alpha value is -1.81. The minimum absolute atomic E-state index is 0.0400. The van der Waals surface area contributed by atoms with Crippen molar-refractivity contribution < 1.29 is 9.21 Å². The van der Waals surface area contributed by atoms with Crippen LogP contribution in [0.3, 0.4) is 0 Å². The standard InChI is InChI=1S/C17H24N2O2/c1-5-19(17(20)12(2)11-18-4)13(3)16-10-14-8-6-7-9-15(14)21-16/h6-10,12-13,18H,5,11H2,1-4H3. The fourth-order valence-corrected chi connectivity index (χ4v) is 2.66. The third-order valence-electron chi connectivity index (χ3n) is 3.88. The predicted octanol–water partition coefficient (Wildman–Crippen LogP) is 3.20. The van der Waals surface area contributed by atoms with Gasteiger partial charge in [-0.25, -0.2) is 0 Å². The highest BCUT2D eigenvalue weighted by molar-refractivity contribution is 5.80. The first-order valence-corrected chi connectivity index (χ1v) is 7.52. The zero-order valence-corrected chi connectivity index (χ0v) is 13.2. The van der Waals surface area contributed by atoms with E-state index in [-0.39, 0.29) is 17.9 Å². The van der Waals surface area contributed by atoms with E-state index < -0.39 is 0 Å². The monoisotopic (exact) mass is 288 g/mol. The molecule has 1 aromatic carbocycles. The molecule has 0 spiro atoms. The maximum Gasteiger partial charge on any atom is 0.227 e. The topological polar surface area (TPSA) is 45.5 Å². The number of furan rings is 1. The molecule has 4 nitrogen and oxygen atoms in total. The molecule has 0 aliphatic carbocycles. The highest BCUT2D eigenvalue weighted by Gasteiger charge is 2.26. The second kappa shape index (κ2) is 6.76. The molecule has 2 unspecified atom stereocenters. The quantitative estimate of drug-likeness (QED) is 0.888. The van der Waals surface area contributed by atoms with Crippen LogP contribution in [0.15, 0.2) is 34.7 Å². The SMILES string of the molecule is CCN(C(=O)C(C)CNC)C(C)c1cc2ccccc2o1. The van der Waals surface area contributed by atoms with Gasteiger partial charge in [0.2, 0.25) is 5.91 Å². The van der Waals surface area contributed by atoms with Gasteiger partial charge in [0.25, 0.3) is 0 Å². The molecule has 4 heteroatoms. The minimum atomic E-state index is -0.0609. The van der Waals surface area contributed by atoms with Crippen molar-refractivity contribution in [1.29, 1.82) is 0 Å². The Morgan fingerprint density at radius 3 is 2.67 bits per heavy atom. The average molecular weight is 288 g/mol. The van der Waals surface area contributed by atoms with E-state index in [2.05, 4.69) is 5.32 Å². The van der Waals surface area contributed by atoms with E-state index in [1.54, 1.807) is 0 Å². The molecule has 21 heavy (non-hydrogen) atoms. The lowest BCUT2D eigenvalue weighted by molar-refractivity contribution is -0.137. The van der Waals surface area contributed by atoms with E-state index in [0.29, 0.717) is 13.1 Å². The lowest BCUT2D eigenvalue weighted by atomic mass is 10.1. The van der Waals surface area contributed by atoms with Gasteiger partial charge in [0.15, 0.2) is 0 Å². The van der Waals surface area contributed by atoms with E-state index >= 15 is 0 Å². The minimum Gasteiger partial charge on any atom is -0.459 e. The van der Waals surface area contributed by atoms with Crippen molar-refractivity contribution in [2.24, 2.45) is 5.92 Å². The number of carbonyl (C=O) groups is 1. The largest absolute Gasteiger partial charge is 0.459 e. The van der Waals surface area contributed by atoms with Crippen molar-refractivity contribution in [3.05, 3.63) is 36.1 Å². The summed E-state index contributed by atoms with van der Waals surface area (Å²) < 4.78 is 5.89. The Labute approximate surface area is 126 Å². The number of rotatable bonds is 6. The van der Waals surface area contributed by atoms with Crippen LogP contribution in [-0.2, 0) is 4.79 Å². The van der Waals surface area contributed by atoms with Crippen LogP contribution >= 0.6 is 0 Å². The molecule has 0 fully saturated rings. The summed E-state index contributed by atoms with van der Waals surface area (Å²) in [6, 6.07) is 9.89. The number of carbonyl (C=O) groups excluding carboxylic acids is 1. The van der Waals surface area contributed by atoms with Gasteiger partial charge in [-0.05, 0) is 33.0 Å². The normalized spacial score (nSPS) is 14.1. The summed E-state index contributed by atoms with van der Waals surface area (Å²) in [6.45, 7) is 7.33. The first kappa shape index (κ1) is 15.6. The van der Waals surface area contributed by atoms with Crippen LogP contribution in [0.5, 0.6) is 0 Å². The lowest BCUT2D eigenvalue weighted by Gasteiger charge is -2.29. The Bertz CT molecular complexity index is 573. The molecule has 114 valence electrons. The summed E-state index contributed by atoms with van der Waals surface area (Å²) in [5.41, 5.74) is 0.867. The molecule has 1 N–H and O–H groups in total. The molecule has 0 aliphatic heterocycles. The fraction of sp³-hybridized carbons (Fsp3) is 0.471. The number of para-hydroxylation sites is 1. The lowest BCUT2D eigenvalue weighted by Crippen LogP contribution is -2.39. The van der Waals surface area contributed by atoms with E-state index in [9.17, 15) is 4.79 Å². The van der Waals surface area contributed by atoms with Crippen LogP contribution in [-0.4, -0.2) is 30.9 Å². The summed E-state index contributed by atoms with van der Waals surface area (Å²) in [5, 5.41) is 4.13. The molecule has 2 atom stereocenters. The molecule has 1 aromatic heterocycles. The highest BCUT2D eigenvalue weighted by atomic mass is 16.3. The third-order valence-corrected chi connectivity index (χ3v) is 3.88. The summed E-state index contributed by atoms with van der Waals surface area (Å²) in [7, 11) is 1.86. The zero-order chi connectivity index (χ0) is 15.4. The summed E-state index contributed by atoms with van der Waals surface area (Å²) >= 11 is 0. The maximum atomic E-state index is 12.5. The van der Waals surface area contributed by atoms with E-state index in [1.165, 1.54) is 0 Å². The smallest absolute Gasteiger partial charge is 0.227 e. The van der Waals surface area contributed by atoms with Crippen LogP contribution in [0.4, 0.5) is 0 Å². The molecular formula is C17H24N2O2. The number of amides is 1. The number of fused-ring (bicyclic) bond motifs is 1. The molecule has 0 aliphatic rings. The van der Waals surface area contributed by atoms with Gasteiger partial charge >= 0.3 is 0 Å². The van der Waals surface area contributed by atoms with Gasteiger partial charge in [0.05, 0.1) is 6.04 Å². The first-order chi connectivity index (χ1) is 10.1. The third kappa shape index (κ3) is 3.27. The molecule has 1 heterocycles. The second-order valence-corrected chi connectivity index (χ2v) is 5.45. The van der Waals surface area contributed by atoms with Crippen LogP contribution in [0, 0.1) is 5.92 Å². The molecule has 2 aromatic rings. The van der Waals surface area contributed by atoms with Gasteiger partial charge in [0.1, 0.15) is 11.3 Å². The number of nitrogens with zero attached hydrogens (tertiary/aromatic N) is 1. The molecule has 0 radical (unpaired) electrons. The van der Waals surface area contributed by atoms with Gasteiger partial charge in [-0.15, -0.1) is 0 Å². The van der Waals surface area contributed by atoms with Gasteiger partial charge in [-0.1, -0.05) is 25.1 Å². The fourth-order valence-electron chi connectivity index (χ4n) is 2.66. The molecular weight excluding hydrogens is 264 g/mol. The molecule has 0 bridgehead atoms. The number of hydrogen-bond acceptors (Lipinski definition) is 3. The molecule has 0 saturated heterocycles. The molecule has 1 amide bonds. The molecule has 2 rings (SSSR count). The van der Waals surface area contributed by atoms with E-state index in [0.717, 1.165) is 16.7 Å². The molecule has 0 saturated carbocycles. The van der Waals surface area contributed by atoms with Crippen molar-refractivity contribution in [1.82, 2.24) is 10.2 Å². The van der Waals surface area contributed by atoms with Crippen LogP contribution in [0.1, 0.15) is 32.6 Å². The Kier molecular flexibility index (Phi) is 5.02. The van der Waals surface area contributed by atoms with Crippen LogP contribution in [0.2, 0.25) is 0 Å². The average Bonchev–Trinajstić information content (AvgIpc) is 2.91. The van der Waals surface area contributed by atoms with Crippen molar-refractivity contribution in [2.45, 2.75) is 26.8 Å². The maximum absolute atomic E-state index is 12.5. The van der Waals surface area contributed by atoms with Gasteiger partial charge in [-0.2, -0.15) is 0 Å². The van der Waals surface area contributed by atoms with E-state index in [4.69, 9.17) is 4.42 Å². The van der Waals surface area contributed by atoms with Crippen molar-refractivity contribution in [3.8, 4) is 0 Å². The van der Waals surface area contributed by atoms with Crippen molar-refractivity contribution in [2.75, 3.05) is 20.1 Å². The van der Waals surface area contributed by atoms with Crippen molar-refractivity contribution >= 4 is 16.9 Å². The number of nitrogens with one attached hydrogen (secondary N) is 1. The second-order valence-electron chi connectivity index (χ2n) is 5.45. The van der Waals surface area contributed by atoms with Gasteiger partial charge in [-0.3, -0.25) is 4.79 Å². The van der Waals surface area contributed by atoms with Crippen LogP contribution in [0.25, 0.3) is 11.0 Å². The predicted molar refractivity (Wildman–Crippen MR) is 85.1 cm³/mol. The van der Waals surface area contributed by atoms with Gasteiger partial charge < -0.3 is 14.6 Å². The number of benzene rings is 1. The van der Waals surface area contributed by atoms with Gasteiger partial charge in [0, 0.05) is 24.4 Å². The summed E-state index contributed by atoms with van der Waals surface area (Å²) in [6.07, 6.45) is 0. The zero-order valence-electron chi connectivity index (χ0n) is 13.2. The Morgan fingerprint density at radius 2 is 2.05 bits per heavy atom. The summed E-state index contributed by atoms with van der Waals surface area (Å²) in [5.74, 6) is 0.949. The number of hydrogen-bond donors (Lipinski definition) is 1. The first-order valence-electron chi connectivity index (χ1n) is 7.52.